The van der Waals surface area contributed by atoms with Crippen LogP contribution in [0.5, 0.6) is 0 Å². The number of halogens is 1. The average Bonchev–Trinajstić information content (AvgIpc) is 3.08. The predicted molar refractivity (Wildman–Crippen MR) is 105 cm³/mol. The minimum atomic E-state index is -0.331. The zero-order valence-corrected chi connectivity index (χ0v) is 16.7. The van der Waals surface area contributed by atoms with Crippen molar-refractivity contribution < 1.29 is 9.53 Å². The van der Waals surface area contributed by atoms with Crippen LogP contribution in [0.2, 0.25) is 0 Å². The van der Waals surface area contributed by atoms with Crippen LogP contribution in [0.1, 0.15) is 16.8 Å². The van der Waals surface area contributed by atoms with Crippen molar-refractivity contribution in [2.75, 3.05) is 0 Å². The number of ether oxygens (including phenoxy) is 1. The highest BCUT2D eigenvalue weighted by Crippen LogP contribution is 2.23. The van der Waals surface area contributed by atoms with Crippen LogP contribution in [0.3, 0.4) is 0 Å². The number of nitrogens with zero attached hydrogens (tertiary/aromatic N) is 3. The summed E-state index contributed by atoms with van der Waals surface area (Å²) >= 11 is 5.09. The van der Waals surface area contributed by atoms with Crippen molar-refractivity contribution in [2.24, 2.45) is 0 Å². The summed E-state index contributed by atoms with van der Waals surface area (Å²) in [5.74, 6) is 0.364. The van der Waals surface area contributed by atoms with Crippen molar-refractivity contribution in [3.8, 4) is 0 Å². The Hall–Kier alpha value is -2.12. The number of benzene rings is 2. The van der Waals surface area contributed by atoms with Gasteiger partial charge in [-0.1, -0.05) is 51.0 Å². The van der Waals surface area contributed by atoms with Gasteiger partial charge >= 0.3 is 5.97 Å². The second-order valence-corrected chi connectivity index (χ2v) is 7.76. The fraction of sp³-hybridized carbons (Fsp3) is 0.211. The van der Waals surface area contributed by atoms with Crippen LogP contribution in [-0.2, 0) is 28.4 Å². The monoisotopic (exact) mass is 431 g/mol. The standard InChI is InChI=1S/C19H18BrN3O2S/c1-14-2-4-15(5-3-14)12-25-19(24)11-23-10-17(21-22-23)13-26-18-8-6-16(20)7-9-18/h2-10H,11-13H2,1H3. The summed E-state index contributed by atoms with van der Waals surface area (Å²) in [4.78, 5) is 13.1. The van der Waals surface area contributed by atoms with Gasteiger partial charge in [-0.3, -0.25) is 4.79 Å². The molecule has 0 aliphatic heterocycles. The maximum Gasteiger partial charge on any atom is 0.328 e. The molecule has 0 radical (unpaired) electrons. The Balaban J connectivity index is 1.45. The van der Waals surface area contributed by atoms with Crippen molar-refractivity contribution in [3.05, 3.63) is 76.0 Å². The number of carbonyl (C=O) groups is 1. The van der Waals surface area contributed by atoms with E-state index in [1.54, 1.807) is 18.0 Å². The Labute approximate surface area is 164 Å². The van der Waals surface area contributed by atoms with Gasteiger partial charge in [-0.05, 0) is 36.8 Å². The highest BCUT2D eigenvalue weighted by atomic mass is 79.9. The summed E-state index contributed by atoms with van der Waals surface area (Å²) in [6.45, 7) is 2.34. The van der Waals surface area contributed by atoms with Gasteiger partial charge in [-0.2, -0.15) is 0 Å². The van der Waals surface area contributed by atoms with Crippen molar-refractivity contribution in [1.82, 2.24) is 15.0 Å². The molecule has 0 saturated carbocycles. The molecule has 5 nitrogen and oxygen atoms in total. The third kappa shape index (κ3) is 5.71. The molecular weight excluding hydrogens is 414 g/mol. The molecule has 0 amide bonds. The fourth-order valence-electron chi connectivity index (χ4n) is 2.20. The largest absolute Gasteiger partial charge is 0.459 e. The summed E-state index contributed by atoms with van der Waals surface area (Å²) in [5, 5.41) is 8.10. The summed E-state index contributed by atoms with van der Waals surface area (Å²) in [5.41, 5.74) is 2.97. The molecule has 26 heavy (non-hydrogen) atoms. The summed E-state index contributed by atoms with van der Waals surface area (Å²) in [6.07, 6.45) is 1.78. The van der Waals surface area contributed by atoms with Crippen molar-refractivity contribution in [1.29, 1.82) is 0 Å². The summed E-state index contributed by atoms with van der Waals surface area (Å²) in [6, 6.07) is 16.0. The Kier molecular flexibility index (Phi) is 6.46. The van der Waals surface area contributed by atoms with Crippen LogP contribution < -0.4 is 0 Å². The normalized spacial score (nSPS) is 10.7. The molecule has 0 spiro atoms. The van der Waals surface area contributed by atoms with Gasteiger partial charge in [0.05, 0.1) is 5.69 Å². The fourth-order valence-corrected chi connectivity index (χ4v) is 3.24. The second kappa shape index (κ2) is 9.00. The van der Waals surface area contributed by atoms with Crippen LogP contribution in [-0.4, -0.2) is 21.0 Å². The molecule has 2 aromatic carbocycles. The van der Waals surface area contributed by atoms with E-state index in [4.69, 9.17) is 4.74 Å². The van der Waals surface area contributed by atoms with Crippen LogP contribution in [0.4, 0.5) is 0 Å². The number of aromatic nitrogens is 3. The number of hydrogen-bond acceptors (Lipinski definition) is 5. The minimum Gasteiger partial charge on any atom is -0.459 e. The van der Waals surface area contributed by atoms with Gasteiger partial charge in [0.2, 0.25) is 0 Å². The SMILES string of the molecule is Cc1ccc(COC(=O)Cn2cc(CSc3ccc(Br)cc3)nn2)cc1. The molecule has 0 unspecified atom stereocenters. The van der Waals surface area contributed by atoms with Crippen LogP contribution in [0.25, 0.3) is 0 Å². The van der Waals surface area contributed by atoms with Crippen molar-refractivity contribution >= 4 is 33.7 Å². The highest BCUT2D eigenvalue weighted by Gasteiger charge is 2.08. The number of hydrogen-bond donors (Lipinski definition) is 0. The zero-order chi connectivity index (χ0) is 18.4. The average molecular weight is 432 g/mol. The van der Waals surface area contributed by atoms with E-state index < -0.39 is 0 Å². The molecule has 3 rings (SSSR count). The van der Waals surface area contributed by atoms with Gasteiger partial charge in [0.15, 0.2) is 0 Å². The molecule has 3 aromatic rings. The smallest absolute Gasteiger partial charge is 0.328 e. The van der Waals surface area contributed by atoms with Gasteiger partial charge < -0.3 is 4.74 Å². The van der Waals surface area contributed by atoms with Crippen LogP contribution in [0.15, 0.2) is 64.1 Å². The molecule has 0 fully saturated rings. The lowest BCUT2D eigenvalue weighted by molar-refractivity contribution is -0.145. The minimum absolute atomic E-state index is 0.0574. The van der Waals surface area contributed by atoms with E-state index in [1.165, 1.54) is 10.2 Å². The first-order valence-electron chi connectivity index (χ1n) is 8.07. The molecule has 0 saturated heterocycles. The first-order valence-corrected chi connectivity index (χ1v) is 9.85. The molecule has 0 aliphatic rings. The van der Waals surface area contributed by atoms with Crippen LogP contribution in [0, 0.1) is 6.92 Å². The van der Waals surface area contributed by atoms with Gasteiger partial charge in [0.25, 0.3) is 0 Å². The molecule has 1 aromatic heterocycles. The van der Waals surface area contributed by atoms with Crippen molar-refractivity contribution in [3.63, 3.8) is 0 Å². The second-order valence-electron chi connectivity index (χ2n) is 5.80. The first kappa shape index (κ1) is 18.7. The zero-order valence-electron chi connectivity index (χ0n) is 14.3. The van der Waals surface area contributed by atoms with Crippen molar-refractivity contribution in [2.45, 2.75) is 30.7 Å². The van der Waals surface area contributed by atoms with E-state index in [-0.39, 0.29) is 19.1 Å². The third-order valence-electron chi connectivity index (χ3n) is 3.60. The third-order valence-corrected chi connectivity index (χ3v) is 5.17. The van der Waals surface area contributed by atoms with E-state index >= 15 is 0 Å². The highest BCUT2D eigenvalue weighted by molar-refractivity contribution is 9.10. The number of rotatable bonds is 7. The number of thioether (sulfide) groups is 1. The predicted octanol–water partition coefficient (Wildman–Crippen LogP) is 4.38. The Bertz CT molecular complexity index is 863. The van der Waals surface area contributed by atoms with Gasteiger partial charge in [0, 0.05) is 21.3 Å². The molecule has 0 atom stereocenters. The lowest BCUT2D eigenvalue weighted by Gasteiger charge is -2.05. The number of esters is 1. The van der Waals surface area contributed by atoms with E-state index in [0.717, 1.165) is 20.6 Å². The maximum absolute atomic E-state index is 12.0. The molecular formula is C19H18BrN3O2S. The lowest BCUT2D eigenvalue weighted by Crippen LogP contribution is -2.14. The maximum atomic E-state index is 12.0. The van der Waals surface area contributed by atoms with Gasteiger partial charge in [-0.15, -0.1) is 16.9 Å². The summed E-state index contributed by atoms with van der Waals surface area (Å²) in [7, 11) is 0. The Morgan fingerprint density at radius 2 is 1.88 bits per heavy atom. The molecule has 7 heteroatoms. The van der Waals surface area contributed by atoms with E-state index in [1.807, 2.05) is 55.5 Å². The Morgan fingerprint density at radius 3 is 2.62 bits per heavy atom. The lowest BCUT2D eigenvalue weighted by atomic mass is 10.2. The van der Waals surface area contributed by atoms with Gasteiger partial charge in [0.1, 0.15) is 13.2 Å². The van der Waals surface area contributed by atoms with E-state index in [9.17, 15) is 4.79 Å². The molecule has 134 valence electrons. The van der Waals surface area contributed by atoms with Crippen LogP contribution >= 0.6 is 27.7 Å². The molecule has 0 bridgehead atoms. The Morgan fingerprint density at radius 1 is 1.15 bits per heavy atom. The van der Waals surface area contributed by atoms with E-state index in [0.29, 0.717) is 5.75 Å². The molecule has 0 aliphatic carbocycles. The topological polar surface area (TPSA) is 57.0 Å². The number of carbonyl (C=O) groups excluding carboxylic acids is 1. The first-order chi connectivity index (χ1) is 12.6. The number of aryl methyl sites for hydroxylation is 1. The van der Waals surface area contributed by atoms with Gasteiger partial charge in [-0.25, -0.2) is 4.68 Å². The summed E-state index contributed by atoms with van der Waals surface area (Å²) < 4.78 is 7.85. The molecule has 1 heterocycles. The quantitative estimate of drug-likeness (QED) is 0.410. The van der Waals surface area contributed by atoms with E-state index in [2.05, 4.69) is 26.2 Å². The molecule has 0 N–H and O–H groups in total.